The van der Waals surface area contributed by atoms with Crippen LogP contribution in [0, 0.1) is 5.92 Å². The molecule has 28 heavy (non-hydrogen) atoms. The smallest absolute Gasteiger partial charge is 0.321 e. The first kappa shape index (κ1) is 20.2. The fraction of sp³-hybridized carbons (Fsp3) is 0.364. The maximum absolute atomic E-state index is 12.8. The molecule has 2 unspecified atom stereocenters. The summed E-state index contributed by atoms with van der Waals surface area (Å²) in [6, 6.07) is 16.7. The molecule has 2 atom stereocenters. The lowest BCUT2D eigenvalue weighted by atomic mass is 9.96. The molecule has 148 valence electrons. The molecule has 2 N–H and O–H groups in total. The number of hydrogen-bond acceptors (Lipinski definition) is 2. The maximum Gasteiger partial charge on any atom is 0.321 e. The van der Waals surface area contributed by atoms with E-state index in [1.54, 1.807) is 4.90 Å². The highest BCUT2D eigenvalue weighted by Gasteiger charge is 2.29. The molecule has 0 aromatic heterocycles. The number of urea groups is 1. The van der Waals surface area contributed by atoms with E-state index in [0.29, 0.717) is 18.1 Å². The Bertz CT molecular complexity index is 795. The molecule has 3 rings (SSSR count). The Morgan fingerprint density at radius 3 is 2.54 bits per heavy atom. The summed E-state index contributed by atoms with van der Waals surface area (Å²) in [5.74, 6) is -0.198. The van der Waals surface area contributed by atoms with E-state index in [1.165, 1.54) is 0 Å². The van der Waals surface area contributed by atoms with Gasteiger partial charge in [-0.05, 0) is 49.1 Å². The summed E-state index contributed by atoms with van der Waals surface area (Å²) in [4.78, 5) is 27.1. The number of carbonyl (C=O) groups is 2. The molecule has 0 bridgehead atoms. The SMILES string of the molecule is CCC(NC(=O)C1CCCN(C(=O)Nc2ccccc2)C1)c1ccc(Cl)cc1. The Hall–Kier alpha value is -2.53. The molecule has 3 amide bonds. The van der Waals surface area contributed by atoms with E-state index in [-0.39, 0.29) is 23.9 Å². The van der Waals surface area contributed by atoms with Crippen LogP contribution in [0.25, 0.3) is 0 Å². The average Bonchev–Trinajstić information content (AvgIpc) is 2.73. The van der Waals surface area contributed by atoms with Crippen molar-refractivity contribution in [2.75, 3.05) is 18.4 Å². The minimum atomic E-state index is -0.198. The van der Waals surface area contributed by atoms with Gasteiger partial charge in [0.05, 0.1) is 12.0 Å². The molecular formula is C22H26ClN3O2. The minimum Gasteiger partial charge on any atom is -0.349 e. The molecule has 0 radical (unpaired) electrons. The van der Waals surface area contributed by atoms with Crippen molar-refractivity contribution in [3.8, 4) is 0 Å². The van der Waals surface area contributed by atoms with Crippen molar-refractivity contribution in [1.82, 2.24) is 10.2 Å². The topological polar surface area (TPSA) is 61.4 Å². The van der Waals surface area contributed by atoms with Crippen molar-refractivity contribution >= 4 is 29.2 Å². The van der Waals surface area contributed by atoms with E-state index in [0.717, 1.165) is 30.5 Å². The number of rotatable bonds is 5. The summed E-state index contributed by atoms with van der Waals surface area (Å²) in [6.07, 6.45) is 2.40. The van der Waals surface area contributed by atoms with Crippen LogP contribution in [0.2, 0.25) is 5.02 Å². The van der Waals surface area contributed by atoms with Crippen LogP contribution in [0.3, 0.4) is 0 Å². The monoisotopic (exact) mass is 399 g/mol. The second kappa shape index (κ2) is 9.60. The van der Waals surface area contributed by atoms with Gasteiger partial charge in [0.1, 0.15) is 0 Å². The van der Waals surface area contributed by atoms with Gasteiger partial charge in [0.2, 0.25) is 5.91 Å². The van der Waals surface area contributed by atoms with Crippen LogP contribution in [0.5, 0.6) is 0 Å². The lowest BCUT2D eigenvalue weighted by molar-refractivity contribution is -0.127. The van der Waals surface area contributed by atoms with Gasteiger partial charge in [-0.2, -0.15) is 0 Å². The fourth-order valence-corrected chi connectivity index (χ4v) is 3.63. The number of para-hydroxylation sites is 1. The van der Waals surface area contributed by atoms with Crippen molar-refractivity contribution in [2.24, 2.45) is 5.92 Å². The Morgan fingerprint density at radius 2 is 1.86 bits per heavy atom. The van der Waals surface area contributed by atoms with Crippen LogP contribution in [-0.4, -0.2) is 29.9 Å². The van der Waals surface area contributed by atoms with Gasteiger partial charge in [0, 0.05) is 23.8 Å². The van der Waals surface area contributed by atoms with Crippen LogP contribution >= 0.6 is 11.6 Å². The van der Waals surface area contributed by atoms with Crippen LogP contribution in [-0.2, 0) is 4.79 Å². The summed E-state index contributed by atoms with van der Waals surface area (Å²) < 4.78 is 0. The first-order valence-electron chi connectivity index (χ1n) is 9.73. The van der Waals surface area contributed by atoms with Gasteiger partial charge in [0.25, 0.3) is 0 Å². The van der Waals surface area contributed by atoms with Gasteiger partial charge in [-0.1, -0.05) is 48.9 Å². The van der Waals surface area contributed by atoms with Crippen molar-refractivity contribution in [1.29, 1.82) is 0 Å². The van der Waals surface area contributed by atoms with Gasteiger partial charge in [-0.3, -0.25) is 4.79 Å². The van der Waals surface area contributed by atoms with Crippen LogP contribution in [0.1, 0.15) is 37.8 Å². The molecule has 0 saturated carbocycles. The molecule has 6 heteroatoms. The zero-order valence-electron chi connectivity index (χ0n) is 16.0. The summed E-state index contributed by atoms with van der Waals surface area (Å²) in [5, 5.41) is 6.72. The summed E-state index contributed by atoms with van der Waals surface area (Å²) >= 11 is 5.96. The Kier molecular flexibility index (Phi) is 6.93. The largest absolute Gasteiger partial charge is 0.349 e. The predicted molar refractivity (Wildman–Crippen MR) is 112 cm³/mol. The molecular weight excluding hydrogens is 374 g/mol. The third-order valence-corrected chi connectivity index (χ3v) is 5.35. The summed E-state index contributed by atoms with van der Waals surface area (Å²) in [6.45, 7) is 3.14. The highest BCUT2D eigenvalue weighted by Crippen LogP contribution is 2.22. The van der Waals surface area contributed by atoms with Gasteiger partial charge in [0.15, 0.2) is 0 Å². The van der Waals surface area contributed by atoms with Gasteiger partial charge in [-0.15, -0.1) is 0 Å². The minimum absolute atomic E-state index is 0.000916. The first-order valence-corrected chi connectivity index (χ1v) is 10.1. The number of halogens is 1. The average molecular weight is 400 g/mol. The predicted octanol–water partition coefficient (Wildman–Crippen LogP) is 4.85. The quantitative estimate of drug-likeness (QED) is 0.754. The number of anilines is 1. The summed E-state index contributed by atoms with van der Waals surface area (Å²) in [7, 11) is 0. The third kappa shape index (κ3) is 5.26. The Balaban J connectivity index is 1.58. The lowest BCUT2D eigenvalue weighted by Crippen LogP contribution is -2.47. The molecule has 0 spiro atoms. The van der Waals surface area contributed by atoms with Crippen LogP contribution in [0.4, 0.5) is 10.5 Å². The second-order valence-electron chi connectivity index (χ2n) is 7.10. The van der Waals surface area contributed by atoms with E-state index in [9.17, 15) is 9.59 Å². The normalized spacial score (nSPS) is 17.6. The summed E-state index contributed by atoms with van der Waals surface area (Å²) in [5.41, 5.74) is 1.79. The number of nitrogens with one attached hydrogen (secondary N) is 2. The number of amides is 3. The van der Waals surface area contributed by atoms with Gasteiger partial charge >= 0.3 is 6.03 Å². The zero-order valence-corrected chi connectivity index (χ0v) is 16.8. The molecule has 1 aliphatic heterocycles. The van der Waals surface area contributed by atoms with Crippen LogP contribution in [0.15, 0.2) is 54.6 Å². The number of benzene rings is 2. The van der Waals surface area contributed by atoms with E-state index in [2.05, 4.69) is 10.6 Å². The van der Waals surface area contributed by atoms with E-state index in [1.807, 2.05) is 61.5 Å². The standard InChI is InChI=1S/C22H26ClN3O2/c1-2-20(16-10-12-18(23)13-11-16)25-21(27)17-7-6-14-26(15-17)22(28)24-19-8-4-3-5-9-19/h3-5,8-13,17,20H,2,6-7,14-15H2,1H3,(H,24,28)(H,25,27). The number of nitrogens with zero attached hydrogens (tertiary/aromatic N) is 1. The third-order valence-electron chi connectivity index (χ3n) is 5.10. The molecule has 1 saturated heterocycles. The van der Waals surface area contributed by atoms with E-state index < -0.39 is 0 Å². The van der Waals surface area contributed by atoms with Gasteiger partial charge < -0.3 is 15.5 Å². The molecule has 5 nitrogen and oxygen atoms in total. The molecule has 0 aliphatic carbocycles. The number of carbonyl (C=O) groups excluding carboxylic acids is 2. The molecule has 1 heterocycles. The van der Waals surface area contributed by atoms with E-state index in [4.69, 9.17) is 11.6 Å². The number of piperidine rings is 1. The fourth-order valence-electron chi connectivity index (χ4n) is 3.51. The van der Waals surface area contributed by atoms with E-state index >= 15 is 0 Å². The Morgan fingerprint density at radius 1 is 1.14 bits per heavy atom. The van der Waals surface area contributed by atoms with Crippen molar-refractivity contribution in [2.45, 2.75) is 32.2 Å². The molecule has 2 aromatic rings. The maximum atomic E-state index is 12.8. The molecule has 1 aliphatic rings. The van der Waals surface area contributed by atoms with Crippen molar-refractivity contribution in [3.05, 3.63) is 65.2 Å². The highest BCUT2D eigenvalue weighted by molar-refractivity contribution is 6.30. The number of likely N-dealkylation sites (tertiary alicyclic amines) is 1. The van der Waals surface area contributed by atoms with Crippen LogP contribution < -0.4 is 10.6 Å². The second-order valence-corrected chi connectivity index (χ2v) is 7.54. The molecule has 1 fully saturated rings. The van der Waals surface area contributed by atoms with Gasteiger partial charge in [-0.25, -0.2) is 4.79 Å². The lowest BCUT2D eigenvalue weighted by Gasteiger charge is -2.33. The Labute approximate surface area is 171 Å². The zero-order chi connectivity index (χ0) is 19.9. The molecule has 2 aromatic carbocycles. The van der Waals surface area contributed by atoms with Crippen molar-refractivity contribution in [3.63, 3.8) is 0 Å². The highest BCUT2D eigenvalue weighted by atomic mass is 35.5. The number of hydrogen-bond donors (Lipinski definition) is 2. The first-order chi connectivity index (χ1) is 13.6. The van der Waals surface area contributed by atoms with Crippen molar-refractivity contribution < 1.29 is 9.59 Å².